The van der Waals surface area contributed by atoms with Crippen LogP contribution in [0.4, 0.5) is 0 Å². The first-order valence-electron chi connectivity index (χ1n) is 9.79. The minimum Gasteiger partial charge on any atom is -0.346 e. The van der Waals surface area contributed by atoms with Gasteiger partial charge in [0.05, 0.1) is 5.69 Å². The number of nitrogens with zero attached hydrogens (tertiary/aromatic N) is 4. The number of H-pyrrole nitrogens is 1. The average Bonchev–Trinajstić information content (AvgIpc) is 3.39. The molecule has 3 aromatic heterocycles. The maximum Gasteiger partial charge on any atom is 0.141 e. The fraction of sp³-hybridized carbons (Fsp3) is 0.632. The molecule has 0 amide bonds. The topological polar surface area (TPSA) is 70.9 Å². The molecule has 2 N–H and O–H groups in total. The lowest BCUT2D eigenvalue weighted by atomic mass is 9.80. The van der Waals surface area contributed by atoms with E-state index in [4.69, 9.17) is 0 Å². The Bertz CT molecular complexity index is 851. The molecule has 0 bridgehead atoms. The van der Waals surface area contributed by atoms with Crippen molar-refractivity contribution in [3.63, 3.8) is 0 Å². The second-order valence-corrected chi connectivity index (χ2v) is 7.86. The van der Waals surface area contributed by atoms with Gasteiger partial charge in [0.15, 0.2) is 0 Å². The van der Waals surface area contributed by atoms with Gasteiger partial charge in [0, 0.05) is 23.5 Å². The lowest BCUT2D eigenvalue weighted by Gasteiger charge is -2.28. The fourth-order valence-electron chi connectivity index (χ4n) is 4.80. The van der Waals surface area contributed by atoms with E-state index in [9.17, 15) is 0 Å². The van der Waals surface area contributed by atoms with Gasteiger partial charge in [-0.2, -0.15) is 0 Å². The van der Waals surface area contributed by atoms with E-state index in [1.165, 1.54) is 57.9 Å². The molecule has 0 aliphatic heterocycles. The highest BCUT2D eigenvalue weighted by Crippen LogP contribution is 2.37. The first-order valence-corrected chi connectivity index (χ1v) is 9.79. The fourth-order valence-corrected chi connectivity index (χ4v) is 4.80. The molecule has 25 heavy (non-hydrogen) atoms. The van der Waals surface area contributed by atoms with E-state index < -0.39 is 0 Å². The van der Waals surface area contributed by atoms with Gasteiger partial charge in [-0.3, -0.25) is 0 Å². The highest BCUT2D eigenvalue weighted by atomic mass is 15.4. The zero-order valence-electron chi connectivity index (χ0n) is 14.6. The summed E-state index contributed by atoms with van der Waals surface area (Å²) in [5.74, 6) is 1.35. The molecule has 0 spiro atoms. The second-order valence-electron chi connectivity index (χ2n) is 7.86. The van der Waals surface area contributed by atoms with Crippen molar-refractivity contribution in [1.29, 1.82) is 0 Å². The molecule has 2 saturated carbocycles. The summed E-state index contributed by atoms with van der Waals surface area (Å²) in [6.07, 6.45) is 14.3. The van der Waals surface area contributed by atoms with Gasteiger partial charge in [-0.15, -0.1) is 5.10 Å². The molecule has 2 fully saturated rings. The van der Waals surface area contributed by atoms with Crippen molar-refractivity contribution in [3.8, 4) is 0 Å². The average molecular weight is 338 g/mol. The summed E-state index contributed by atoms with van der Waals surface area (Å²) in [5.41, 5.74) is 3.22. The molecule has 2 aliphatic carbocycles. The van der Waals surface area contributed by atoms with Gasteiger partial charge < -0.3 is 10.3 Å². The monoisotopic (exact) mass is 338 g/mol. The van der Waals surface area contributed by atoms with E-state index in [1.807, 2.05) is 10.7 Å². The third-order valence-corrected chi connectivity index (χ3v) is 6.28. The van der Waals surface area contributed by atoms with Gasteiger partial charge in [-0.05, 0) is 57.1 Å². The molecule has 0 unspecified atom stereocenters. The molecule has 3 aromatic rings. The van der Waals surface area contributed by atoms with Crippen molar-refractivity contribution in [3.05, 3.63) is 24.3 Å². The summed E-state index contributed by atoms with van der Waals surface area (Å²) < 4.78 is 1.83. The Hall–Kier alpha value is -1.95. The van der Waals surface area contributed by atoms with E-state index in [0.717, 1.165) is 34.2 Å². The Labute approximate surface area is 147 Å². The van der Waals surface area contributed by atoms with Crippen LogP contribution in [0.2, 0.25) is 0 Å². The van der Waals surface area contributed by atoms with Gasteiger partial charge in [-0.1, -0.05) is 18.1 Å². The van der Waals surface area contributed by atoms with Crippen LogP contribution >= 0.6 is 0 Å². The van der Waals surface area contributed by atoms with Crippen molar-refractivity contribution in [2.75, 3.05) is 6.54 Å². The highest BCUT2D eigenvalue weighted by molar-refractivity contribution is 5.92. The molecule has 0 aromatic carbocycles. The van der Waals surface area contributed by atoms with Gasteiger partial charge in [0.25, 0.3) is 0 Å². The molecule has 5 rings (SSSR count). The Morgan fingerprint density at radius 3 is 2.80 bits per heavy atom. The molecule has 132 valence electrons. The van der Waals surface area contributed by atoms with Gasteiger partial charge in [-0.25, -0.2) is 9.50 Å². The Balaban J connectivity index is 1.29. The van der Waals surface area contributed by atoms with Crippen molar-refractivity contribution in [2.45, 2.75) is 63.3 Å². The summed E-state index contributed by atoms with van der Waals surface area (Å²) in [6.45, 7) is 1.20. The van der Waals surface area contributed by atoms with Crippen LogP contribution in [0.3, 0.4) is 0 Å². The summed E-state index contributed by atoms with van der Waals surface area (Å²) in [5, 5.41) is 13.8. The van der Waals surface area contributed by atoms with E-state index in [1.54, 1.807) is 6.33 Å². The van der Waals surface area contributed by atoms with Gasteiger partial charge >= 0.3 is 0 Å². The summed E-state index contributed by atoms with van der Waals surface area (Å²) in [7, 11) is 0. The van der Waals surface area contributed by atoms with Crippen LogP contribution in [-0.2, 0) is 0 Å². The van der Waals surface area contributed by atoms with E-state index in [-0.39, 0.29) is 0 Å². The molecule has 0 atom stereocenters. The Morgan fingerprint density at radius 2 is 1.96 bits per heavy atom. The summed E-state index contributed by atoms with van der Waals surface area (Å²) >= 11 is 0. The van der Waals surface area contributed by atoms with E-state index in [2.05, 4.69) is 31.7 Å². The lowest BCUT2D eigenvalue weighted by Crippen LogP contribution is -2.32. The Morgan fingerprint density at radius 1 is 1.12 bits per heavy atom. The summed E-state index contributed by atoms with van der Waals surface area (Å²) in [6, 6.07) is 2.87. The predicted octanol–water partition coefficient (Wildman–Crippen LogP) is 3.41. The van der Waals surface area contributed by atoms with Crippen molar-refractivity contribution in [1.82, 2.24) is 30.1 Å². The zero-order chi connectivity index (χ0) is 16.6. The molecule has 0 saturated heterocycles. The second kappa shape index (κ2) is 6.41. The van der Waals surface area contributed by atoms with Crippen LogP contribution in [-0.4, -0.2) is 37.4 Å². The lowest BCUT2D eigenvalue weighted by molar-refractivity contribution is 0.301. The van der Waals surface area contributed by atoms with Crippen molar-refractivity contribution >= 4 is 16.6 Å². The number of nitrogens with one attached hydrogen (secondary N) is 2. The van der Waals surface area contributed by atoms with Crippen molar-refractivity contribution < 1.29 is 0 Å². The number of aromatic nitrogens is 5. The van der Waals surface area contributed by atoms with Crippen LogP contribution in [0.1, 0.15) is 63.0 Å². The number of hydrogen-bond acceptors (Lipinski definition) is 4. The maximum absolute atomic E-state index is 4.53. The molecule has 2 aliphatic rings. The third kappa shape index (κ3) is 2.82. The summed E-state index contributed by atoms with van der Waals surface area (Å²) in [4.78, 5) is 7.59. The molecular weight excluding hydrogens is 312 g/mol. The van der Waals surface area contributed by atoms with Gasteiger partial charge in [0.1, 0.15) is 17.5 Å². The number of rotatable bonds is 4. The smallest absolute Gasteiger partial charge is 0.141 e. The minimum absolute atomic E-state index is 0.528. The first kappa shape index (κ1) is 15.3. The standard InChI is InChI=1S/C19H26N6/c1-2-4-15(3-1)21-11-13-5-7-14(8-6-13)17-18-16-9-10-20-19(16)22-12-25(18)24-23-17/h9-10,12-15,20-21H,1-8,11H2. The number of aromatic amines is 1. The van der Waals surface area contributed by atoms with Crippen LogP contribution < -0.4 is 5.32 Å². The zero-order valence-corrected chi connectivity index (χ0v) is 14.6. The van der Waals surface area contributed by atoms with Crippen LogP contribution in [0.25, 0.3) is 16.6 Å². The molecular formula is C19H26N6. The number of hydrogen-bond donors (Lipinski definition) is 2. The molecule has 6 heteroatoms. The quantitative estimate of drug-likeness (QED) is 0.765. The molecule has 6 nitrogen and oxygen atoms in total. The first-order chi connectivity index (χ1) is 12.4. The Kier molecular flexibility index (Phi) is 3.93. The predicted molar refractivity (Wildman–Crippen MR) is 97.6 cm³/mol. The van der Waals surface area contributed by atoms with Crippen molar-refractivity contribution in [2.24, 2.45) is 5.92 Å². The van der Waals surface area contributed by atoms with Gasteiger partial charge in [0.2, 0.25) is 0 Å². The van der Waals surface area contributed by atoms with Crippen LogP contribution in [0.15, 0.2) is 18.6 Å². The maximum atomic E-state index is 4.53. The largest absolute Gasteiger partial charge is 0.346 e. The molecule has 3 heterocycles. The van der Waals surface area contributed by atoms with E-state index in [0.29, 0.717) is 5.92 Å². The minimum atomic E-state index is 0.528. The van der Waals surface area contributed by atoms with E-state index >= 15 is 0 Å². The van der Waals surface area contributed by atoms with Crippen LogP contribution in [0, 0.1) is 5.92 Å². The SMILES string of the molecule is c1cc2c(ncn3nnc(C4CCC(CNC5CCCC5)CC4)c23)[nH]1. The third-order valence-electron chi connectivity index (χ3n) is 6.28. The highest BCUT2D eigenvalue weighted by Gasteiger charge is 2.27. The molecule has 0 radical (unpaired) electrons. The number of fused-ring (bicyclic) bond motifs is 3. The normalized spacial score (nSPS) is 25.3. The van der Waals surface area contributed by atoms with Crippen LogP contribution in [0.5, 0.6) is 0 Å².